The minimum Gasteiger partial charge on any atom is -0.475 e. The quantitative estimate of drug-likeness (QED) is 0.524. The molecule has 1 aliphatic heterocycles. The Kier molecular flexibility index (Phi) is 10.1. The molecule has 37 heavy (non-hydrogen) atoms. The Morgan fingerprint density at radius 1 is 1.14 bits per heavy atom. The summed E-state index contributed by atoms with van der Waals surface area (Å²) in [7, 11) is 1.77. The van der Waals surface area contributed by atoms with Crippen molar-refractivity contribution in [2.75, 3.05) is 20.3 Å². The highest BCUT2D eigenvalue weighted by molar-refractivity contribution is 5.73. The van der Waals surface area contributed by atoms with Crippen LogP contribution in [0.25, 0.3) is 0 Å². The summed E-state index contributed by atoms with van der Waals surface area (Å²) in [6.07, 6.45) is -5.42. The average molecular weight is 544 g/mol. The van der Waals surface area contributed by atoms with Gasteiger partial charge < -0.3 is 19.5 Å². The molecule has 1 atom stereocenters. The number of halogens is 6. The van der Waals surface area contributed by atoms with Crippen molar-refractivity contribution in [1.82, 2.24) is 19.8 Å². The maximum atomic E-state index is 10.6. The number of aryl methyl sites for hydroxylation is 1. The van der Waals surface area contributed by atoms with E-state index >= 15 is 0 Å². The van der Waals surface area contributed by atoms with E-state index in [1.54, 1.807) is 7.11 Å². The van der Waals surface area contributed by atoms with Crippen molar-refractivity contribution in [3.63, 3.8) is 0 Å². The Labute approximate surface area is 206 Å². The van der Waals surface area contributed by atoms with E-state index in [0.717, 1.165) is 50.2 Å². The van der Waals surface area contributed by atoms with Gasteiger partial charge in [0.15, 0.2) is 0 Å². The molecule has 1 unspecified atom stereocenters. The lowest BCUT2D eigenvalue weighted by molar-refractivity contribution is -0.193. The molecule has 1 fully saturated rings. The second-order valence-electron chi connectivity index (χ2n) is 8.53. The van der Waals surface area contributed by atoms with Gasteiger partial charge in [-0.2, -0.15) is 31.4 Å². The van der Waals surface area contributed by atoms with Gasteiger partial charge in [-0.1, -0.05) is 5.16 Å². The summed E-state index contributed by atoms with van der Waals surface area (Å²) >= 11 is 0. The lowest BCUT2D eigenvalue weighted by Gasteiger charge is -2.32. The molecule has 0 bridgehead atoms. The van der Waals surface area contributed by atoms with Crippen LogP contribution in [-0.4, -0.2) is 74.6 Å². The monoisotopic (exact) mass is 544 g/mol. The maximum Gasteiger partial charge on any atom is 0.490 e. The molecule has 1 aliphatic carbocycles. The van der Waals surface area contributed by atoms with Crippen molar-refractivity contribution in [2.24, 2.45) is 5.92 Å². The topological polar surface area (TPSA) is 131 Å². The Morgan fingerprint density at radius 3 is 2.14 bits per heavy atom. The van der Waals surface area contributed by atoms with Gasteiger partial charge >= 0.3 is 24.3 Å². The third kappa shape index (κ3) is 9.68. The number of methoxy groups -OCH3 is 1. The molecule has 4 rings (SSSR count). The molecule has 2 aliphatic rings. The molecule has 2 aromatic heterocycles. The summed E-state index contributed by atoms with van der Waals surface area (Å²) < 4.78 is 76.3. The molecule has 16 heteroatoms. The van der Waals surface area contributed by atoms with Crippen LogP contribution in [0.5, 0.6) is 0 Å². The van der Waals surface area contributed by atoms with Crippen molar-refractivity contribution >= 4 is 11.9 Å². The predicted octanol–water partition coefficient (Wildman–Crippen LogP) is 3.60. The van der Waals surface area contributed by atoms with E-state index in [2.05, 4.69) is 26.0 Å². The van der Waals surface area contributed by atoms with Crippen molar-refractivity contribution in [3.8, 4) is 0 Å². The fourth-order valence-corrected chi connectivity index (χ4v) is 3.51. The highest BCUT2D eigenvalue weighted by Crippen LogP contribution is 2.34. The van der Waals surface area contributed by atoms with Gasteiger partial charge in [-0.05, 0) is 25.7 Å². The van der Waals surface area contributed by atoms with E-state index in [-0.39, 0.29) is 0 Å². The van der Waals surface area contributed by atoms with Crippen molar-refractivity contribution in [3.05, 3.63) is 35.0 Å². The molecule has 3 heterocycles. The molecule has 1 saturated carbocycles. The first-order valence-corrected chi connectivity index (χ1v) is 10.9. The number of hydrogen-bond donors (Lipinski definition) is 2. The van der Waals surface area contributed by atoms with E-state index in [0.29, 0.717) is 5.92 Å². The summed E-state index contributed by atoms with van der Waals surface area (Å²) in [5.41, 5.74) is 3.71. The van der Waals surface area contributed by atoms with Crippen LogP contribution in [0.4, 0.5) is 26.3 Å². The first kappa shape index (κ1) is 30.1. The third-order valence-electron chi connectivity index (χ3n) is 5.32. The Bertz CT molecular complexity index is 1020. The second kappa shape index (κ2) is 12.4. The van der Waals surface area contributed by atoms with E-state index in [1.165, 1.54) is 24.1 Å². The summed E-state index contributed by atoms with van der Waals surface area (Å²) in [6.45, 7) is 6.44. The van der Waals surface area contributed by atoms with Crippen LogP contribution < -0.4 is 0 Å². The van der Waals surface area contributed by atoms with Crippen LogP contribution in [0.2, 0.25) is 0 Å². The molecule has 208 valence electrons. The standard InChI is InChI=1S/C17H24N4O2.2C2HF3O2/c1-12-5-15(19-23-12)9-20-8-14(11-22-2)16-6-18-21(17(16)10-20)7-13-3-4-13;2*3-2(4,5)1(6)7/h5-6,13-14H,3-4,7-11H2,1-2H3;2*(H,6,7). The van der Waals surface area contributed by atoms with Gasteiger partial charge in [0, 0.05) is 50.8 Å². The van der Waals surface area contributed by atoms with Gasteiger partial charge in [0.05, 0.1) is 24.2 Å². The minimum absolute atomic E-state index is 0.379. The lowest BCUT2D eigenvalue weighted by atomic mass is 9.95. The highest BCUT2D eigenvalue weighted by Gasteiger charge is 2.39. The zero-order chi connectivity index (χ0) is 28.0. The van der Waals surface area contributed by atoms with Crippen LogP contribution in [0.15, 0.2) is 16.8 Å². The first-order valence-electron chi connectivity index (χ1n) is 10.9. The molecule has 0 amide bonds. The predicted molar refractivity (Wildman–Crippen MR) is 112 cm³/mol. The van der Waals surface area contributed by atoms with Crippen LogP contribution >= 0.6 is 0 Å². The fourth-order valence-electron chi connectivity index (χ4n) is 3.51. The first-order chi connectivity index (χ1) is 17.1. The number of hydrogen-bond acceptors (Lipinski definition) is 7. The fraction of sp³-hybridized carbons (Fsp3) is 0.619. The van der Waals surface area contributed by atoms with E-state index in [9.17, 15) is 26.3 Å². The van der Waals surface area contributed by atoms with Gasteiger partial charge in [0.1, 0.15) is 5.76 Å². The molecule has 0 saturated heterocycles. The Morgan fingerprint density at radius 2 is 1.70 bits per heavy atom. The SMILES string of the molecule is COCC1CN(Cc2cc(C)on2)Cc2c1cnn2CC1CC1.O=C(O)C(F)(F)F.O=C(O)C(F)(F)F. The van der Waals surface area contributed by atoms with Gasteiger partial charge in [-0.3, -0.25) is 9.58 Å². The smallest absolute Gasteiger partial charge is 0.475 e. The van der Waals surface area contributed by atoms with Crippen molar-refractivity contribution < 1.29 is 55.4 Å². The van der Waals surface area contributed by atoms with Crippen LogP contribution in [0.1, 0.15) is 41.5 Å². The molecule has 0 spiro atoms. The zero-order valence-corrected chi connectivity index (χ0v) is 19.8. The number of rotatable bonds is 6. The molecule has 2 aromatic rings. The average Bonchev–Trinajstić information content (AvgIpc) is 3.36. The molecular weight excluding hydrogens is 518 g/mol. The number of nitrogens with zero attached hydrogens (tertiary/aromatic N) is 4. The number of carboxylic acids is 2. The van der Waals surface area contributed by atoms with Crippen molar-refractivity contribution in [1.29, 1.82) is 0 Å². The second-order valence-corrected chi connectivity index (χ2v) is 8.53. The third-order valence-corrected chi connectivity index (χ3v) is 5.32. The zero-order valence-electron chi connectivity index (χ0n) is 19.8. The summed E-state index contributed by atoms with van der Waals surface area (Å²) in [5, 5.41) is 23.0. The lowest BCUT2D eigenvalue weighted by Crippen LogP contribution is -2.35. The van der Waals surface area contributed by atoms with E-state index < -0.39 is 24.3 Å². The highest BCUT2D eigenvalue weighted by atomic mass is 19.4. The Hall–Kier alpha value is -3.14. The molecule has 10 nitrogen and oxygen atoms in total. The van der Waals surface area contributed by atoms with Gasteiger partial charge in [0.2, 0.25) is 0 Å². The van der Waals surface area contributed by atoms with Gasteiger partial charge in [-0.15, -0.1) is 0 Å². The summed E-state index contributed by atoms with van der Waals surface area (Å²) in [5.74, 6) is -3.44. The van der Waals surface area contributed by atoms with Crippen LogP contribution in [0.3, 0.4) is 0 Å². The number of aliphatic carboxylic acids is 2. The number of alkyl halides is 6. The van der Waals surface area contributed by atoms with Crippen LogP contribution in [-0.2, 0) is 34.0 Å². The van der Waals surface area contributed by atoms with Gasteiger partial charge in [-0.25, -0.2) is 9.59 Å². The van der Waals surface area contributed by atoms with E-state index in [4.69, 9.17) is 29.1 Å². The Balaban J connectivity index is 0.000000286. The largest absolute Gasteiger partial charge is 0.490 e. The number of carbonyl (C=O) groups is 2. The van der Waals surface area contributed by atoms with Gasteiger partial charge in [0.25, 0.3) is 0 Å². The number of ether oxygens (including phenoxy) is 1. The normalized spacial score (nSPS) is 17.7. The summed E-state index contributed by atoms with van der Waals surface area (Å²) in [4.78, 5) is 20.2. The van der Waals surface area contributed by atoms with Crippen LogP contribution in [0, 0.1) is 12.8 Å². The molecule has 0 radical (unpaired) electrons. The number of fused-ring (bicyclic) bond motifs is 1. The maximum absolute atomic E-state index is 10.6. The molecule has 0 aromatic carbocycles. The van der Waals surface area contributed by atoms with Crippen molar-refractivity contribution in [2.45, 2.75) is 57.7 Å². The molecular formula is C21H26F6N4O6. The summed E-state index contributed by atoms with van der Waals surface area (Å²) in [6, 6.07) is 2.02. The molecule has 2 N–H and O–H groups in total. The van der Waals surface area contributed by atoms with E-state index in [1.807, 2.05) is 13.0 Å². The number of aromatic nitrogens is 3. The number of carboxylic acid groups (broad SMARTS) is 2. The minimum atomic E-state index is -5.08.